The van der Waals surface area contributed by atoms with Gasteiger partial charge in [0.2, 0.25) is 0 Å². The van der Waals surface area contributed by atoms with E-state index < -0.39 is 17.5 Å². The van der Waals surface area contributed by atoms with Gasteiger partial charge in [0.25, 0.3) is 0 Å². The predicted octanol–water partition coefficient (Wildman–Crippen LogP) is 3.50. The molecule has 9 heteroatoms. The standard InChI is InChI=1S/C15H11F3N4O2/c1-8-6-7-19-12(11(8)13-21-14(23)24-22-13)20-10-4-2-9(3-5-10)15(16,17)18/h2-7H,1H3,(H,19,20)(H,21,22,23). The van der Waals surface area contributed by atoms with Crippen molar-refractivity contribution in [2.75, 3.05) is 5.32 Å². The highest BCUT2D eigenvalue weighted by atomic mass is 19.4. The Hall–Kier alpha value is -3.10. The van der Waals surface area contributed by atoms with Crippen LogP contribution < -0.4 is 11.1 Å². The summed E-state index contributed by atoms with van der Waals surface area (Å²) in [5.74, 6) is -0.201. The second-order valence-corrected chi connectivity index (χ2v) is 5.00. The van der Waals surface area contributed by atoms with Crippen molar-refractivity contribution in [3.8, 4) is 11.4 Å². The molecular weight excluding hydrogens is 325 g/mol. The van der Waals surface area contributed by atoms with Crippen LogP contribution in [0, 0.1) is 6.92 Å². The molecule has 0 aliphatic heterocycles. The SMILES string of the molecule is Cc1ccnc(Nc2ccc(C(F)(F)F)cc2)c1-c1noc(=O)[nH]1. The van der Waals surface area contributed by atoms with Crippen LogP contribution in [0.25, 0.3) is 11.4 Å². The number of aromatic amines is 1. The first-order valence-electron chi connectivity index (χ1n) is 6.81. The second-order valence-electron chi connectivity index (χ2n) is 5.00. The van der Waals surface area contributed by atoms with E-state index in [2.05, 4.69) is 25.0 Å². The average Bonchev–Trinajstić information content (AvgIpc) is 2.93. The van der Waals surface area contributed by atoms with Crippen LogP contribution in [-0.4, -0.2) is 15.1 Å². The van der Waals surface area contributed by atoms with E-state index in [4.69, 9.17) is 0 Å². The van der Waals surface area contributed by atoms with Crippen molar-refractivity contribution >= 4 is 11.5 Å². The third-order valence-corrected chi connectivity index (χ3v) is 3.31. The first kappa shape index (κ1) is 15.8. The van der Waals surface area contributed by atoms with Gasteiger partial charge in [0, 0.05) is 11.9 Å². The number of pyridine rings is 1. The molecule has 0 amide bonds. The van der Waals surface area contributed by atoms with Crippen LogP contribution in [-0.2, 0) is 6.18 Å². The highest BCUT2D eigenvalue weighted by molar-refractivity contribution is 5.76. The molecule has 124 valence electrons. The molecule has 2 aromatic heterocycles. The van der Waals surface area contributed by atoms with Gasteiger partial charge in [-0.2, -0.15) is 13.2 Å². The minimum atomic E-state index is -4.40. The average molecular weight is 336 g/mol. The number of hydrogen-bond acceptors (Lipinski definition) is 5. The zero-order chi connectivity index (χ0) is 17.3. The molecule has 24 heavy (non-hydrogen) atoms. The van der Waals surface area contributed by atoms with E-state index in [-0.39, 0.29) is 5.82 Å². The number of halogens is 3. The van der Waals surface area contributed by atoms with E-state index in [0.717, 1.165) is 17.7 Å². The lowest BCUT2D eigenvalue weighted by atomic mass is 10.1. The van der Waals surface area contributed by atoms with Crippen molar-refractivity contribution < 1.29 is 17.7 Å². The van der Waals surface area contributed by atoms with E-state index in [0.29, 0.717) is 17.1 Å². The van der Waals surface area contributed by atoms with Crippen LogP contribution in [0.15, 0.2) is 45.8 Å². The molecule has 0 unspecified atom stereocenters. The lowest BCUT2D eigenvalue weighted by Gasteiger charge is -2.12. The normalized spacial score (nSPS) is 11.5. The van der Waals surface area contributed by atoms with Crippen molar-refractivity contribution in [1.82, 2.24) is 15.1 Å². The summed E-state index contributed by atoms with van der Waals surface area (Å²) in [5, 5.41) is 6.54. The van der Waals surface area contributed by atoms with Gasteiger partial charge < -0.3 is 5.32 Å². The monoisotopic (exact) mass is 336 g/mol. The molecule has 3 rings (SSSR count). The highest BCUT2D eigenvalue weighted by Gasteiger charge is 2.30. The molecule has 6 nitrogen and oxygen atoms in total. The maximum Gasteiger partial charge on any atom is 0.439 e. The molecule has 0 spiro atoms. The predicted molar refractivity (Wildman–Crippen MR) is 79.8 cm³/mol. The van der Waals surface area contributed by atoms with Gasteiger partial charge in [0.05, 0.1) is 11.1 Å². The molecule has 0 saturated heterocycles. The van der Waals surface area contributed by atoms with Gasteiger partial charge in [0.15, 0.2) is 5.82 Å². The number of nitrogens with zero attached hydrogens (tertiary/aromatic N) is 2. The van der Waals surface area contributed by atoms with Gasteiger partial charge in [-0.25, -0.2) is 9.78 Å². The molecule has 1 aromatic carbocycles. The number of aromatic nitrogens is 3. The summed E-state index contributed by atoms with van der Waals surface area (Å²) in [6.07, 6.45) is -2.87. The quantitative estimate of drug-likeness (QED) is 0.765. The van der Waals surface area contributed by atoms with Crippen molar-refractivity contribution in [2.24, 2.45) is 0 Å². The number of alkyl halides is 3. The fourth-order valence-electron chi connectivity index (χ4n) is 2.17. The molecule has 2 N–H and O–H groups in total. The number of nitrogens with one attached hydrogen (secondary N) is 2. The molecule has 0 aliphatic rings. The van der Waals surface area contributed by atoms with Gasteiger partial charge in [-0.1, -0.05) is 5.16 Å². The Bertz CT molecular complexity index is 913. The third-order valence-electron chi connectivity index (χ3n) is 3.31. The van der Waals surface area contributed by atoms with Crippen LogP contribution in [0.3, 0.4) is 0 Å². The van der Waals surface area contributed by atoms with Gasteiger partial charge in [-0.05, 0) is 42.8 Å². The van der Waals surface area contributed by atoms with Gasteiger partial charge in [0.1, 0.15) is 5.82 Å². The lowest BCUT2D eigenvalue weighted by Crippen LogP contribution is -2.05. The Morgan fingerprint density at radius 1 is 1.17 bits per heavy atom. The van der Waals surface area contributed by atoms with Crippen LogP contribution in [0.1, 0.15) is 11.1 Å². The van der Waals surface area contributed by atoms with Gasteiger partial charge >= 0.3 is 11.9 Å². The molecular formula is C15H11F3N4O2. The summed E-state index contributed by atoms with van der Waals surface area (Å²) in [6, 6.07) is 6.23. The Labute approximate surface area is 133 Å². The van der Waals surface area contributed by atoms with Crippen LogP contribution in [0.5, 0.6) is 0 Å². The van der Waals surface area contributed by atoms with E-state index in [1.54, 1.807) is 13.0 Å². The Morgan fingerprint density at radius 2 is 1.88 bits per heavy atom. The molecule has 0 radical (unpaired) electrons. The number of benzene rings is 1. The molecule has 3 aromatic rings. The number of rotatable bonds is 3. The fraction of sp³-hybridized carbons (Fsp3) is 0.133. The Morgan fingerprint density at radius 3 is 2.46 bits per heavy atom. The van der Waals surface area contributed by atoms with E-state index in [1.807, 2.05) is 0 Å². The minimum absolute atomic E-state index is 0.181. The Balaban J connectivity index is 1.96. The van der Waals surface area contributed by atoms with E-state index in [1.165, 1.54) is 18.3 Å². The van der Waals surface area contributed by atoms with Gasteiger partial charge in [-0.15, -0.1) is 0 Å². The van der Waals surface area contributed by atoms with E-state index in [9.17, 15) is 18.0 Å². The number of aryl methyl sites for hydroxylation is 1. The summed E-state index contributed by atoms with van der Waals surface area (Å²) in [7, 11) is 0. The molecule has 0 aliphatic carbocycles. The molecule has 0 atom stereocenters. The Kier molecular flexibility index (Phi) is 3.84. The van der Waals surface area contributed by atoms with E-state index >= 15 is 0 Å². The smallest absolute Gasteiger partial charge is 0.340 e. The zero-order valence-electron chi connectivity index (χ0n) is 12.3. The maximum atomic E-state index is 12.6. The third kappa shape index (κ3) is 3.14. The van der Waals surface area contributed by atoms with Crippen LogP contribution in [0.2, 0.25) is 0 Å². The fourth-order valence-corrected chi connectivity index (χ4v) is 2.17. The zero-order valence-corrected chi connectivity index (χ0v) is 12.3. The number of H-pyrrole nitrogens is 1. The van der Waals surface area contributed by atoms with Crippen LogP contribution >= 0.6 is 0 Å². The molecule has 2 heterocycles. The summed E-state index contributed by atoms with van der Waals surface area (Å²) < 4.78 is 42.3. The van der Waals surface area contributed by atoms with Crippen molar-refractivity contribution in [3.63, 3.8) is 0 Å². The van der Waals surface area contributed by atoms with Crippen molar-refractivity contribution in [3.05, 3.63) is 58.2 Å². The summed E-state index contributed by atoms with van der Waals surface area (Å²) >= 11 is 0. The highest BCUT2D eigenvalue weighted by Crippen LogP contribution is 2.32. The maximum absolute atomic E-state index is 12.6. The topological polar surface area (TPSA) is 83.8 Å². The lowest BCUT2D eigenvalue weighted by molar-refractivity contribution is -0.137. The van der Waals surface area contributed by atoms with Crippen molar-refractivity contribution in [2.45, 2.75) is 13.1 Å². The number of hydrogen-bond donors (Lipinski definition) is 2. The summed E-state index contributed by atoms with van der Waals surface area (Å²) in [6.45, 7) is 1.78. The van der Waals surface area contributed by atoms with Gasteiger partial charge in [-0.3, -0.25) is 9.51 Å². The second kappa shape index (κ2) is 5.84. The van der Waals surface area contributed by atoms with Crippen molar-refractivity contribution in [1.29, 1.82) is 0 Å². The first-order valence-corrected chi connectivity index (χ1v) is 6.81. The summed E-state index contributed by atoms with van der Waals surface area (Å²) in [4.78, 5) is 17.7. The first-order chi connectivity index (χ1) is 11.3. The minimum Gasteiger partial charge on any atom is -0.340 e. The largest absolute Gasteiger partial charge is 0.439 e. The van der Waals surface area contributed by atoms with Crippen LogP contribution in [0.4, 0.5) is 24.7 Å². The number of anilines is 2. The summed E-state index contributed by atoms with van der Waals surface area (Å²) in [5.41, 5.74) is 0.909. The molecule has 0 saturated carbocycles. The molecule has 0 bridgehead atoms. The molecule has 0 fully saturated rings.